The van der Waals surface area contributed by atoms with E-state index in [0.717, 1.165) is 6.08 Å². The van der Waals surface area contributed by atoms with Crippen LogP contribution in [0.5, 0.6) is 0 Å². The zero-order valence-corrected chi connectivity index (χ0v) is 11.2. The van der Waals surface area contributed by atoms with Crippen molar-refractivity contribution in [2.45, 2.75) is 44.6 Å². The van der Waals surface area contributed by atoms with Gasteiger partial charge in [-0.3, -0.25) is 0 Å². The zero-order chi connectivity index (χ0) is 14.8. The maximum Gasteiger partial charge on any atom is 0.330 e. The van der Waals surface area contributed by atoms with Crippen molar-refractivity contribution in [1.82, 2.24) is 0 Å². The van der Waals surface area contributed by atoms with Gasteiger partial charge in [0.25, 0.3) is 0 Å². The van der Waals surface area contributed by atoms with Gasteiger partial charge in [-0.2, -0.15) is 4.91 Å². The average Bonchev–Trinajstić information content (AvgIpc) is 2.38. The third kappa shape index (κ3) is 7.66. The van der Waals surface area contributed by atoms with Crippen LogP contribution < -0.4 is 0 Å². The molecule has 0 saturated carbocycles. The van der Waals surface area contributed by atoms with Gasteiger partial charge >= 0.3 is 5.97 Å². The van der Waals surface area contributed by atoms with Gasteiger partial charge in [0.1, 0.15) is 12.1 Å². The Morgan fingerprint density at radius 1 is 1.42 bits per heavy atom. The fourth-order valence-corrected chi connectivity index (χ4v) is 1.25. The summed E-state index contributed by atoms with van der Waals surface area (Å²) in [4.78, 5) is 21.3. The number of hydrogen-bond donors (Lipinski definition) is 2. The number of hydrogen-bond acceptors (Lipinski definition) is 7. The highest BCUT2D eigenvalue weighted by Crippen LogP contribution is 2.09. The molecule has 0 aliphatic carbocycles. The summed E-state index contributed by atoms with van der Waals surface area (Å²) in [7, 11) is 0. The van der Waals surface area contributed by atoms with Gasteiger partial charge in [-0.05, 0) is 13.8 Å². The second-order valence-corrected chi connectivity index (χ2v) is 4.27. The molecule has 0 aliphatic rings. The fraction of sp³-hybridized carbons (Fsp3) is 0.750. The fourth-order valence-electron chi connectivity index (χ4n) is 1.25. The number of esters is 1. The second kappa shape index (κ2) is 9.60. The number of rotatable bonds is 10. The molecule has 7 heteroatoms. The molecule has 0 heterocycles. The van der Waals surface area contributed by atoms with Crippen LogP contribution in [-0.2, 0) is 14.3 Å². The molecular formula is C12H21NO6. The summed E-state index contributed by atoms with van der Waals surface area (Å²) < 4.78 is 9.82. The molecule has 0 bridgehead atoms. The second-order valence-electron chi connectivity index (χ2n) is 4.27. The van der Waals surface area contributed by atoms with Crippen molar-refractivity contribution in [3.8, 4) is 0 Å². The van der Waals surface area contributed by atoms with Gasteiger partial charge in [-0.1, -0.05) is 11.8 Å². The van der Waals surface area contributed by atoms with E-state index < -0.39 is 24.2 Å². The van der Waals surface area contributed by atoms with Gasteiger partial charge in [0.05, 0.1) is 25.4 Å². The first-order valence-electron chi connectivity index (χ1n) is 6.01. The molecule has 7 nitrogen and oxygen atoms in total. The lowest BCUT2D eigenvalue weighted by molar-refractivity contribution is -0.139. The SMILES string of the molecule is C=CC(=O)OCCC(O)C(O)C(COC(C)C)N=O. The van der Waals surface area contributed by atoms with Crippen molar-refractivity contribution >= 4 is 5.97 Å². The van der Waals surface area contributed by atoms with Crippen molar-refractivity contribution in [1.29, 1.82) is 0 Å². The molecule has 0 radical (unpaired) electrons. The average molecular weight is 275 g/mol. The Morgan fingerprint density at radius 2 is 2.05 bits per heavy atom. The molecule has 0 rings (SSSR count). The van der Waals surface area contributed by atoms with Crippen molar-refractivity contribution in [3.05, 3.63) is 17.6 Å². The van der Waals surface area contributed by atoms with E-state index in [9.17, 15) is 19.9 Å². The normalized spacial score (nSPS) is 15.6. The minimum Gasteiger partial charge on any atom is -0.462 e. The van der Waals surface area contributed by atoms with E-state index >= 15 is 0 Å². The quantitative estimate of drug-likeness (QED) is 0.339. The smallest absolute Gasteiger partial charge is 0.330 e. The van der Waals surface area contributed by atoms with Crippen molar-refractivity contribution in [3.63, 3.8) is 0 Å². The Labute approximate surface area is 112 Å². The number of ether oxygens (including phenoxy) is 2. The molecule has 0 aromatic heterocycles. The molecule has 3 unspecified atom stereocenters. The number of carbonyl (C=O) groups is 1. The summed E-state index contributed by atoms with van der Waals surface area (Å²) >= 11 is 0. The summed E-state index contributed by atoms with van der Waals surface area (Å²) in [5, 5.41) is 22.1. The summed E-state index contributed by atoms with van der Waals surface area (Å²) in [5.74, 6) is -0.616. The van der Waals surface area contributed by atoms with Gasteiger partial charge in [0.15, 0.2) is 0 Å². The maximum absolute atomic E-state index is 10.8. The first-order chi connectivity index (χ1) is 8.92. The Morgan fingerprint density at radius 3 is 2.53 bits per heavy atom. The molecule has 2 N–H and O–H groups in total. The number of aliphatic hydroxyl groups is 2. The number of carbonyl (C=O) groups excluding carboxylic acids is 1. The molecular weight excluding hydrogens is 254 g/mol. The van der Waals surface area contributed by atoms with Crippen LogP contribution in [0.2, 0.25) is 0 Å². The standard InChI is InChI=1S/C12H21NO6/c1-4-11(15)18-6-5-10(14)12(16)9(13-17)7-19-8(2)3/h4,8-10,12,14,16H,1,5-7H2,2-3H3. The molecule has 0 saturated heterocycles. The van der Waals surface area contributed by atoms with Gasteiger partial charge in [-0.25, -0.2) is 4.79 Å². The Hall–Kier alpha value is -1.31. The van der Waals surface area contributed by atoms with Gasteiger partial charge < -0.3 is 19.7 Å². The highest BCUT2D eigenvalue weighted by Gasteiger charge is 2.28. The summed E-state index contributed by atoms with van der Waals surface area (Å²) in [6, 6.07) is -1.06. The van der Waals surface area contributed by atoms with E-state index in [-0.39, 0.29) is 25.7 Å². The van der Waals surface area contributed by atoms with Gasteiger partial charge in [-0.15, -0.1) is 0 Å². The van der Waals surface area contributed by atoms with E-state index in [1.54, 1.807) is 13.8 Å². The van der Waals surface area contributed by atoms with Gasteiger partial charge in [0, 0.05) is 12.5 Å². The van der Waals surface area contributed by atoms with E-state index in [2.05, 4.69) is 16.5 Å². The predicted octanol–water partition coefficient (Wildman–Crippen LogP) is 0.387. The third-order valence-electron chi connectivity index (χ3n) is 2.35. The molecule has 0 amide bonds. The van der Waals surface area contributed by atoms with Gasteiger partial charge in [0.2, 0.25) is 0 Å². The molecule has 19 heavy (non-hydrogen) atoms. The number of nitroso groups, excluding NO2 is 1. The number of aliphatic hydroxyl groups excluding tert-OH is 2. The lowest BCUT2D eigenvalue weighted by Crippen LogP contribution is -2.40. The first kappa shape index (κ1) is 17.7. The Bertz CT molecular complexity index is 294. The van der Waals surface area contributed by atoms with Crippen LogP contribution in [-0.4, -0.2) is 53.7 Å². The van der Waals surface area contributed by atoms with Crippen LogP contribution in [0, 0.1) is 4.91 Å². The van der Waals surface area contributed by atoms with E-state index in [4.69, 9.17) is 4.74 Å². The molecule has 0 spiro atoms. The van der Waals surface area contributed by atoms with E-state index in [0.29, 0.717) is 0 Å². The first-order valence-corrected chi connectivity index (χ1v) is 6.01. The largest absolute Gasteiger partial charge is 0.462 e. The molecule has 0 aliphatic heterocycles. The molecule has 0 aromatic rings. The maximum atomic E-state index is 10.8. The van der Waals surface area contributed by atoms with Crippen molar-refractivity contribution in [2.24, 2.45) is 5.18 Å². The summed E-state index contributed by atoms with van der Waals surface area (Å²) in [5.41, 5.74) is 0. The van der Waals surface area contributed by atoms with Crippen LogP contribution in [0.15, 0.2) is 17.8 Å². The van der Waals surface area contributed by atoms with Crippen LogP contribution in [0.3, 0.4) is 0 Å². The lowest BCUT2D eigenvalue weighted by Gasteiger charge is -2.22. The molecule has 0 aromatic carbocycles. The molecule has 0 fully saturated rings. The van der Waals surface area contributed by atoms with Crippen molar-refractivity contribution in [2.75, 3.05) is 13.2 Å². The predicted molar refractivity (Wildman–Crippen MR) is 68.5 cm³/mol. The number of nitrogens with zero attached hydrogens (tertiary/aromatic N) is 1. The lowest BCUT2D eigenvalue weighted by atomic mass is 10.0. The minimum atomic E-state index is -1.36. The third-order valence-corrected chi connectivity index (χ3v) is 2.35. The van der Waals surface area contributed by atoms with Crippen LogP contribution >= 0.6 is 0 Å². The summed E-state index contributed by atoms with van der Waals surface area (Å²) in [6.07, 6.45) is -1.71. The molecule has 110 valence electrons. The van der Waals surface area contributed by atoms with E-state index in [1.807, 2.05) is 0 Å². The molecule has 3 atom stereocenters. The summed E-state index contributed by atoms with van der Waals surface area (Å²) in [6.45, 7) is 6.61. The minimum absolute atomic E-state index is 0.00551. The topological polar surface area (TPSA) is 105 Å². The Balaban J connectivity index is 4.12. The zero-order valence-electron chi connectivity index (χ0n) is 11.2. The monoisotopic (exact) mass is 275 g/mol. The van der Waals surface area contributed by atoms with Crippen molar-refractivity contribution < 1.29 is 24.5 Å². The highest BCUT2D eigenvalue weighted by atomic mass is 16.5. The highest BCUT2D eigenvalue weighted by molar-refractivity contribution is 5.81. The van der Waals surface area contributed by atoms with E-state index in [1.165, 1.54) is 0 Å². The van der Waals surface area contributed by atoms with Crippen LogP contribution in [0.1, 0.15) is 20.3 Å². The van der Waals surface area contributed by atoms with Crippen LogP contribution in [0.4, 0.5) is 0 Å². The Kier molecular flexibility index (Phi) is 8.94. The van der Waals surface area contributed by atoms with Crippen LogP contribution in [0.25, 0.3) is 0 Å².